The SMILES string of the molecule is CC(=O)CCCC(C)C(=O)CC(C)(C)C. The summed E-state index contributed by atoms with van der Waals surface area (Å²) < 4.78 is 0. The van der Waals surface area contributed by atoms with Crippen LogP contribution in [0.15, 0.2) is 0 Å². The maximum Gasteiger partial charge on any atom is 0.136 e. The third-order valence-electron chi connectivity index (χ3n) is 2.42. The monoisotopic (exact) mass is 212 g/mol. The molecule has 1 atom stereocenters. The first-order valence-electron chi connectivity index (χ1n) is 5.74. The van der Waals surface area contributed by atoms with E-state index in [9.17, 15) is 9.59 Å². The Morgan fingerprint density at radius 3 is 2.13 bits per heavy atom. The molecule has 0 N–H and O–H groups in total. The summed E-state index contributed by atoms with van der Waals surface area (Å²) in [5.74, 6) is 0.639. The van der Waals surface area contributed by atoms with Crippen molar-refractivity contribution in [2.24, 2.45) is 11.3 Å². The highest BCUT2D eigenvalue weighted by atomic mass is 16.1. The van der Waals surface area contributed by atoms with Crippen molar-refractivity contribution in [3.63, 3.8) is 0 Å². The number of carbonyl (C=O) groups excluding carboxylic acids is 2. The Hall–Kier alpha value is -0.660. The lowest BCUT2D eigenvalue weighted by molar-refractivity contribution is -0.124. The van der Waals surface area contributed by atoms with Crippen molar-refractivity contribution in [2.75, 3.05) is 0 Å². The molecule has 0 radical (unpaired) electrons. The Balaban J connectivity index is 3.85. The zero-order chi connectivity index (χ0) is 12.1. The molecule has 0 aromatic rings. The molecule has 0 bridgehead atoms. The van der Waals surface area contributed by atoms with E-state index in [1.165, 1.54) is 0 Å². The van der Waals surface area contributed by atoms with Crippen molar-refractivity contribution >= 4 is 11.6 Å². The highest BCUT2D eigenvalue weighted by molar-refractivity contribution is 5.81. The maximum atomic E-state index is 11.7. The van der Waals surface area contributed by atoms with E-state index in [0.717, 1.165) is 12.8 Å². The summed E-state index contributed by atoms with van der Waals surface area (Å²) >= 11 is 0. The van der Waals surface area contributed by atoms with E-state index in [2.05, 4.69) is 20.8 Å². The lowest BCUT2D eigenvalue weighted by Crippen LogP contribution is -2.19. The first-order valence-corrected chi connectivity index (χ1v) is 5.74. The van der Waals surface area contributed by atoms with Crippen LogP contribution in [-0.2, 0) is 9.59 Å². The van der Waals surface area contributed by atoms with E-state index in [4.69, 9.17) is 0 Å². The minimum absolute atomic E-state index is 0.0753. The molecular weight excluding hydrogens is 188 g/mol. The molecule has 0 aromatic heterocycles. The summed E-state index contributed by atoms with van der Waals surface area (Å²) in [7, 11) is 0. The molecule has 0 aliphatic carbocycles. The predicted octanol–water partition coefficient (Wildman–Crippen LogP) is 3.39. The average molecular weight is 212 g/mol. The number of Topliss-reactive ketones (excluding diaryl/α,β-unsaturated/α-hetero) is 2. The molecule has 15 heavy (non-hydrogen) atoms. The molecule has 0 aliphatic rings. The highest BCUT2D eigenvalue weighted by Crippen LogP contribution is 2.22. The van der Waals surface area contributed by atoms with Crippen molar-refractivity contribution in [2.45, 2.75) is 60.3 Å². The third kappa shape index (κ3) is 8.34. The second-order valence-electron chi connectivity index (χ2n) is 5.70. The largest absolute Gasteiger partial charge is 0.300 e. The van der Waals surface area contributed by atoms with E-state index in [1.807, 2.05) is 6.92 Å². The summed E-state index contributed by atoms with van der Waals surface area (Å²) in [5.41, 5.74) is 0.0753. The zero-order valence-electron chi connectivity index (χ0n) is 10.7. The molecule has 0 heterocycles. The van der Waals surface area contributed by atoms with Gasteiger partial charge in [-0.2, -0.15) is 0 Å². The van der Waals surface area contributed by atoms with Crippen LogP contribution in [0.5, 0.6) is 0 Å². The Kier molecular flexibility index (Phi) is 5.77. The molecule has 0 fully saturated rings. The number of ketones is 2. The molecule has 1 unspecified atom stereocenters. The van der Waals surface area contributed by atoms with Gasteiger partial charge in [-0.25, -0.2) is 0 Å². The molecular formula is C13H24O2. The van der Waals surface area contributed by atoms with Crippen LogP contribution < -0.4 is 0 Å². The molecule has 2 heteroatoms. The lowest BCUT2D eigenvalue weighted by atomic mass is 9.85. The smallest absolute Gasteiger partial charge is 0.136 e. The topological polar surface area (TPSA) is 34.1 Å². The normalized spacial score (nSPS) is 13.7. The second-order valence-corrected chi connectivity index (χ2v) is 5.70. The van der Waals surface area contributed by atoms with Gasteiger partial charge in [0, 0.05) is 18.8 Å². The van der Waals surface area contributed by atoms with Crippen LogP contribution in [-0.4, -0.2) is 11.6 Å². The van der Waals surface area contributed by atoms with Crippen LogP contribution in [0.2, 0.25) is 0 Å². The van der Waals surface area contributed by atoms with Crippen LogP contribution in [0.4, 0.5) is 0 Å². The van der Waals surface area contributed by atoms with Gasteiger partial charge in [-0.15, -0.1) is 0 Å². The van der Waals surface area contributed by atoms with E-state index in [0.29, 0.717) is 18.6 Å². The summed E-state index contributed by atoms with van der Waals surface area (Å²) in [6.45, 7) is 9.80. The van der Waals surface area contributed by atoms with Gasteiger partial charge in [-0.1, -0.05) is 27.7 Å². The first-order chi connectivity index (χ1) is 6.72. The minimum Gasteiger partial charge on any atom is -0.300 e. The quantitative estimate of drug-likeness (QED) is 0.676. The third-order valence-corrected chi connectivity index (χ3v) is 2.42. The Labute approximate surface area is 93.4 Å². The Morgan fingerprint density at radius 1 is 1.20 bits per heavy atom. The van der Waals surface area contributed by atoms with Crippen molar-refractivity contribution in [3.8, 4) is 0 Å². The van der Waals surface area contributed by atoms with Gasteiger partial charge in [-0.3, -0.25) is 4.79 Å². The molecule has 0 amide bonds. The van der Waals surface area contributed by atoms with Crippen LogP contribution in [0.1, 0.15) is 60.3 Å². The fraction of sp³-hybridized carbons (Fsp3) is 0.846. The number of rotatable bonds is 6. The van der Waals surface area contributed by atoms with Crippen molar-refractivity contribution < 1.29 is 9.59 Å². The van der Waals surface area contributed by atoms with Gasteiger partial charge in [0.25, 0.3) is 0 Å². The summed E-state index contributed by atoms with van der Waals surface area (Å²) in [5, 5.41) is 0. The van der Waals surface area contributed by atoms with Gasteiger partial charge < -0.3 is 4.79 Å². The minimum atomic E-state index is 0.0753. The first kappa shape index (κ1) is 14.3. The standard InChI is InChI=1S/C13H24O2/c1-10(7-6-8-11(2)14)12(15)9-13(3,4)5/h10H,6-9H2,1-5H3. The molecule has 0 saturated carbocycles. The van der Waals surface area contributed by atoms with Gasteiger partial charge in [0.15, 0.2) is 0 Å². The molecule has 0 rings (SSSR count). The highest BCUT2D eigenvalue weighted by Gasteiger charge is 2.20. The number of hydrogen-bond donors (Lipinski definition) is 0. The second kappa shape index (κ2) is 6.04. The van der Waals surface area contributed by atoms with Crippen LogP contribution in [0.3, 0.4) is 0 Å². The number of carbonyl (C=O) groups is 2. The fourth-order valence-corrected chi connectivity index (χ4v) is 1.52. The van der Waals surface area contributed by atoms with Gasteiger partial charge in [0.2, 0.25) is 0 Å². The van der Waals surface area contributed by atoms with Gasteiger partial charge in [-0.05, 0) is 25.2 Å². The van der Waals surface area contributed by atoms with Crippen LogP contribution >= 0.6 is 0 Å². The van der Waals surface area contributed by atoms with Gasteiger partial charge in [0.05, 0.1) is 0 Å². The van der Waals surface area contributed by atoms with E-state index < -0.39 is 0 Å². The van der Waals surface area contributed by atoms with E-state index in [-0.39, 0.29) is 17.1 Å². The molecule has 0 spiro atoms. The predicted molar refractivity (Wildman–Crippen MR) is 62.8 cm³/mol. The van der Waals surface area contributed by atoms with Crippen LogP contribution in [0.25, 0.3) is 0 Å². The Morgan fingerprint density at radius 2 is 1.73 bits per heavy atom. The maximum absolute atomic E-state index is 11.7. The van der Waals surface area contributed by atoms with Crippen molar-refractivity contribution in [3.05, 3.63) is 0 Å². The molecule has 0 aromatic carbocycles. The Bertz CT molecular complexity index is 223. The molecule has 0 aliphatic heterocycles. The number of hydrogen-bond acceptors (Lipinski definition) is 2. The molecule has 88 valence electrons. The van der Waals surface area contributed by atoms with Gasteiger partial charge in [0.1, 0.15) is 11.6 Å². The average Bonchev–Trinajstić information content (AvgIpc) is 1.99. The van der Waals surface area contributed by atoms with Crippen molar-refractivity contribution in [1.29, 1.82) is 0 Å². The van der Waals surface area contributed by atoms with E-state index in [1.54, 1.807) is 6.92 Å². The summed E-state index contributed by atoms with van der Waals surface area (Å²) in [4.78, 5) is 22.5. The van der Waals surface area contributed by atoms with Crippen LogP contribution in [0, 0.1) is 11.3 Å². The molecule has 2 nitrogen and oxygen atoms in total. The lowest BCUT2D eigenvalue weighted by Gasteiger charge is -2.19. The summed E-state index contributed by atoms with van der Waals surface area (Å²) in [6, 6.07) is 0. The van der Waals surface area contributed by atoms with Gasteiger partial charge >= 0.3 is 0 Å². The summed E-state index contributed by atoms with van der Waals surface area (Å²) in [6.07, 6.45) is 2.92. The molecule has 0 saturated heterocycles. The zero-order valence-corrected chi connectivity index (χ0v) is 10.7. The van der Waals surface area contributed by atoms with E-state index >= 15 is 0 Å². The fourth-order valence-electron chi connectivity index (χ4n) is 1.52. The van der Waals surface area contributed by atoms with Crippen molar-refractivity contribution in [1.82, 2.24) is 0 Å².